The van der Waals surface area contributed by atoms with E-state index >= 15 is 0 Å². The molecule has 5 nitrogen and oxygen atoms in total. The second-order valence-corrected chi connectivity index (χ2v) is 6.36. The summed E-state index contributed by atoms with van der Waals surface area (Å²) in [6.45, 7) is 2.11. The molecule has 2 amide bonds. The Kier molecular flexibility index (Phi) is 6.56. The molecular formula is C19H22ClN3O2. The maximum absolute atomic E-state index is 12.1. The summed E-state index contributed by atoms with van der Waals surface area (Å²) in [6.07, 6.45) is 0. The number of halogens is 1. The summed E-state index contributed by atoms with van der Waals surface area (Å²) in [6, 6.07) is 14.3. The standard InChI is InChI=1S/C19H22ClN3O2/c1-13(16-6-4-5-7-17(16)20)21-12-18(24)22-15-10-8-14(9-11-15)19(25)23(2)3/h4-11,13,21H,12H2,1-3H3,(H,22,24)/t13-/m0/s1. The zero-order valence-electron chi connectivity index (χ0n) is 14.5. The van der Waals surface area contributed by atoms with Gasteiger partial charge in [0.2, 0.25) is 5.91 Å². The van der Waals surface area contributed by atoms with Crippen LogP contribution in [0.3, 0.4) is 0 Å². The molecule has 6 heteroatoms. The molecule has 2 aromatic carbocycles. The monoisotopic (exact) mass is 359 g/mol. The molecule has 2 aromatic rings. The minimum Gasteiger partial charge on any atom is -0.345 e. The molecular weight excluding hydrogens is 338 g/mol. The van der Waals surface area contributed by atoms with Crippen LogP contribution >= 0.6 is 11.6 Å². The van der Waals surface area contributed by atoms with E-state index in [9.17, 15) is 9.59 Å². The van der Waals surface area contributed by atoms with Gasteiger partial charge in [0.15, 0.2) is 0 Å². The molecule has 0 bridgehead atoms. The zero-order chi connectivity index (χ0) is 18.4. The third-order valence-corrected chi connectivity index (χ3v) is 4.11. The fourth-order valence-corrected chi connectivity index (χ4v) is 2.64. The lowest BCUT2D eigenvalue weighted by Gasteiger charge is -2.15. The molecule has 0 aliphatic rings. The summed E-state index contributed by atoms with van der Waals surface area (Å²) in [5.74, 6) is -0.237. The molecule has 0 aromatic heterocycles. The topological polar surface area (TPSA) is 61.4 Å². The fourth-order valence-electron chi connectivity index (χ4n) is 2.34. The molecule has 132 valence electrons. The Morgan fingerprint density at radius 2 is 1.72 bits per heavy atom. The highest BCUT2D eigenvalue weighted by molar-refractivity contribution is 6.31. The van der Waals surface area contributed by atoms with E-state index in [1.54, 1.807) is 38.4 Å². The molecule has 2 N–H and O–H groups in total. The van der Waals surface area contributed by atoms with Crippen molar-refractivity contribution in [2.24, 2.45) is 0 Å². The number of benzene rings is 2. The van der Waals surface area contributed by atoms with E-state index in [2.05, 4.69) is 10.6 Å². The molecule has 0 aliphatic heterocycles. The van der Waals surface area contributed by atoms with Gasteiger partial charge < -0.3 is 15.5 Å². The minimum atomic E-state index is -0.161. The number of hydrogen-bond acceptors (Lipinski definition) is 3. The first-order valence-corrected chi connectivity index (χ1v) is 8.35. The summed E-state index contributed by atoms with van der Waals surface area (Å²) in [5.41, 5.74) is 2.17. The van der Waals surface area contributed by atoms with E-state index in [1.165, 1.54) is 4.90 Å². The molecule has 0 saturated carbocycles. The van der Waals surface area contributed by atoms with Gasteiger partial charge in [-0.2, -0.15) is 0 Å². The number of nitrogens with zero attached hydrogens (tertiary/aromatic N) is 1. The van der Waals surface area contributed by atoms with Crippen LogP contribution in [0.4, 0.5) is 5.69 Å². The second-order valence-electron chi connectivity index (χ2n) is 5.95. The van der Waals surface area contributed by atoms with Crippen molar-refractivity contribution in [3.8, 4) is 0 Å². The number of carbonyl (C=O) groups is 2. The Labute approximate surface area is 153 Å². The molecule has 0 spiro atoms. The van der Waals surface area contributed by atoms with Gasteiger partial charge in [0.1, 0.15) is 0 Å². The minimum absolute atomic E-state index is 0.0421. The van der Waals surface area contributed by atoms with E-state index in [0.717, 1.165) is 5.56 Å². The summed E-state index contributed by atoms with van der Waals surface area (Å²) >= 11 is 6.16. The largest absolute Gasteiger partial charge is 0.345 e. The van der Waals surface area contributed by atoms with Crippen LogP contribution in [0.15, 0.2) is 48.5 Å². The lowest BCUT2D eigenvalue weighted by molar-refractivity contribution is -0.115. The first-order valence-electron chi connectivity index (χ1n) is 7.98. The lowest BCUT2D eigenvalue weighted by atomic mass is 10.1. The number of anilines is 1. The van der Waals surface area contributed by atoms with Gasteiger partial charge in [-0.05, 0) is 42.8 Å². The van der Waals surface area contributed by atoms with Crippen molar-refractivity contribution in [1.29, 1.82) is 0 Å². The first kappa shape index (κ1) is 19.0. The van der Waals surface area contributed by atoms with Crippen LogP contribution in [0, 0.1) is 0 Å². The van der Waals surface area contributed by atoms with E-state index < -0.39 is 0 Å². The number of hydrogen-bond donors (Lipinski definition) is 2. The van der Waals surface area contributed by atoms with E-state index in [0.29, 0.717) is 16.3 Å². The van der Waals surface area contributed by atoms with Crippen molar-refractivity contribution in [3.63, 3.8) is 0 Å². The Balaban J connectivity index is 1.88. The zero-order valence-corrected chi connectivity index (χ0v) is 15.3. The smallest absolute Gasteiger partial charge is 0.253 e. The Bertz CT molecular complexity index is 745. The Morgan fingerprint density at radius 1 is 1.08 bits per heavy atom. The summed E-state index contributed by atoms with van der Waals surface area (Å²) in [4.78, 5) is 25.4. The van der Waals surface area contributed by atoms with E-state index in [-0.39, 0.29) is 24.4 Å². The van der Waals surface area contributed by atoms with Gasteiger partial charge in [-0.3, -0.25) is 9.59 Å². The average molecular weight is 360 g/mol. The van der Waals surface area contributed by atoms with Crippen LogP contribution in [0.25, 0.3) is 0 Å². The van der Waals surface area contributed by atoms with Gasteiger partial charge in [-0.25, -0.2) is 0 Å². The van der Waals surface area contributed by atoms with Crippen LogP contribution in [-0.2, 0) is 4.79 Å². The number of carbonyl (C=O) groups excluding carboxylic acids is 2. The normalized spacial score (nSPS) is 11.7. The highest BCUT2D eigenvalue weighted by Gasteiger charge is 2.11. The number of amides is 2. The van der Waals surface area contributed by atoms with Gasteiger partial charge in [-0.1, -0.05) is 29.8 Å². The molecule has 0 radical (unpaired) electrons. The van der Waals surface area contributed by atoms with Crippen molar-refractivity contribution >= 4 is 29.1 Å². The third-order valence-electron chi connectivity index (χ3n) is 3.76. The van der Waals surface area contributed by atoms with E-state index in [4.69, 9.17) is 11.6 Å². The lowest BCUT2D eigenvalue weighted by Crippen LogP contribution is -2.30. The molecule has 1 atom stereocenters. The highest BCUT2D eigenvalue weighted by atomic mass is 35.5. The second kappa shape index (κ2) is 8.65. The quantitative estimate of drug-likeness (QED) is 0.831. The van der Waals surface area contributed by atoms with Gasteiger partial charge >= 0.3 is 0 Å². The molecule has 0 heterocycles. The maximum Gasteiger partial charge on any atom is 0.253 e. The Hall–Kier alpha value is -2.37. The first-order chi connectivity index (χ1) is 11.9. The molecule has 0 aliphatic carbocycles. The van der Waals surface area contributed by atoms with Gasteiger partial charge in [0.05, 0.1) is 6.54 Å². The van der Waals surface area contributed by atoms with Crippen LogP contribution in [-0.4, -0.2) is 37.4 Å². The van der Waals surface area contributed by atoms with Crippen LogP contribution in [0.1, 0.15) is 28.9 Å². The molecule has 0 unspecified atom stereocenters. The average Bonchev–Trinajstić information content (AvgIpc) is 2.60. The van der Waals surface area contributed by atoms with Crippen molar-refractivity contribution in [3.05, 3.63) is 64.7 Å². The van der Waals surface area contributed by atoms with Gasteiger partial charge in [0.25, 0.3) is 5.91 Å². The Morgan fingerprint density at radius 3 is 2.32 bits per heavy atom. The van der Waals surface area contributed by atoms with E-state index in [1.807, 2.05) is 31.2 Å². The van der Waals surface area contributed by atoms with Crippen molar-refractivity contribution in [2.75, 3.05) is 26.0 Å². The van der Waals surface area contributed by atoms with Crippen molar-refractivity contribution in [2.45, 2.75) is 13.0 Å². The summed E-state index contributed by atoms with van der Waals surface area (Å²) in [7, 11) is 3.40. The van der Waals surface area contributed by atoms with Crippen LogP contribution in [0.2, 0.25) is 5.02 Å². The van der Waals surface area contributed by atoms with Crippen molar-refractivity contribution < 1.29 is 9.59 Å². The number of nitrogens with one attached hydrogen (secondary N) is 2. The third kappa shape index (κ3) is 5.31. The predicted octanol–water partition coefficient (Wildman–Crippen LogP) is 3.33. The molecule has 0 saturated heterocycles. The summed E-state index contributed by atoms with van der Waals surface area (Å²) < 4.78 is 0. The predicted molar refractivity (Wildman–Crippen MR) is 101 cm³/mol. The fraction of sp³-hybridized carbons (Fsp3) is 0.263. The molecule has 2 rings (SSSR count). The van der Waals surface area contributed by atoms with Gasteiger partial charge in [0, 0.05) is 36.4 Å². The number of rotatable bonds is 6. The summed E-state index contributed by atoms with van der Waals surface area (Å²) in [5, 5.41) is 6.62. The van der Waals surface area contributed by atoms with Crippen molar-refractivity contribution in [1.82, 2.24) is 10.2 Å². The molecule has 25 heavy (non-hydrogen) atoms. The highest BCUT2D eigenvalue weighted by Crippen LogP contribution is 2.21. The SMILES string of the molecule is C[C@H](NCC(=O)Nc1ccc(C(=O)N(C)C)cc1)c1ccccc1Cl. The van der Waals surface area contributed by atoms with Crippen LogP contribution < -0.4 is 10.6 Å². The van der Waals surface area contributed by atoms with Crippen LogP contribution in [0.5, 0.6) is 0 Å². The molecule has 0 fully saturated rings. The maximum atomic E-state index is 12.1. The van der Waals surface area contributed by atoms with Gasteiger partial charge in [-0.15, -0.1) is 0 Å².